The molecule has 0 saturated carbocycles. The van der Waals surface area contributed by atoms with Gasteiger partial charge in [0.2, 0.25) is 5.91 Å². The van der Waals surface area contributed by atoms with E-state index < -0.39 is 11.4 Å². The Hall–Kier alpha value is -1.50. The molecular weight excluding hydrogens is 194 g/mol. The van der Waals surface area contributed by atoms with Gasteiger partial charge in [-0.05, 0) is 12.3 Å². The molecule has 0 bridgehead atoms. The number of carboxylic acid groups (broad SMARTS) is 1. The smallest absolute Gasteiger partial charge is 0.303 e. The van der Waals surface area contributed by atoms with Crippen molar-refractivity contribution in [1.29, 1.82) is 0 Å². The van der Waals surface area contributed by atoms with Crippen molar-refractivity contribution in [2.75, 3.05) is 6.54 Å². The van der Waals surface area contributed by atoms with E-state index in [9.17, 15) is 9.59 Å². The van der Waals surface area contributed by atoms with Crippen LogP contribution in [0.2, 0.25) is 0 Å². The number of hydrogen-bond acceptors (Lipinski definition) is 2. The summed E-state index contributed by atoms with van der Waals surface area (Å²) in [4.78, 5) is 21.8. The number of carbonyl (C=O) groups is 2. The summed E-state index contributed by atoms with van der Waals surface area (Å²) < 4.78 is 0. The number of aliphatic carboxylic acids is 1. The van der Waals surface area contributed by atoms with Crippen LogP contribution < -0.4 is 5.32 Å². The minimum Gasteiger partial charge on any atom is -0.481 e. The van der Waals surface area contributed by atoms with E-state index in [0.717, 1.165) is 0 Å². The van der Waals surface area contributed by atoms with Crippen molar-refractivity contribution in [3.05, 3.63) is 0 Å². The summed E-state index contributed by atoms with van der Waals surface area (Å²) in [5, 5.41) is 11.2. The molecule has 0 aromatic carbocycles. The Kier molecular flexibility index (Phi) is 5.46. The first-order valence-electron chi connectivity index (χ1n) is 4.75. The first-order chi connectivity index (χ1) is 6.87. The summed E-state index contributed by atoms with van der Waals surface area (Å²) in [6, 6.07) is 0. The molecule has 0 unspecified atom stereocenters. The molecule has 0 aromatic rings. The summed E-state index contributed by atoms with van der Waals surface area (Å²) in [6.07, 6.45) is 0.185. The van der Waals surface area contributed by atoms with Crippen LogP contribution in [-0.4, -0.2) is 23.5 Å². The van der Waals surface area contributed by atoms with E-state index in [-0.39, 0.29) is 18.7 Å². The van der Waals surface area contributed by atoms with Gasteiger partial charge in [-0.1, -0.05) is 19.8 Å². The molecule has 0 aromatic heterocycles. The Bertz CT molecular complexity index is 297. The first kappa shape index (κ1) is 13.5. The fraction of sp³-hybridized carbons (Fsp3) is 0.636. The molecule has 1 amide bonds. The molecule has 2 N–H and O–H groups in total. The number of nitrogens with one attached hydrogen (secondary N) is 1. The van der Waals surface area contributed by atoms with Gasteiger partial charge in [0.05, 0.1) is 13.0 Å². The van der Waals surface area contributed by atoms with E-state index in [0.29, 0.717) is 6.54 Å². The lowest BCUT2D eigenvalue weighted by molar-refractivity contribution is -0.139. The van der Waals surface area contributed by atoms with Gasteiger partial charge < -0.3 is 10.4 Å². The molecule has 0 heterocycles. The average Bonchev–Trinajstić information content (AvgIpc) is 2.00. The Morgan fingerprint density at radius 1 is 1.33 bits per heavy atom. The summed E-state index contributed by atoms with van der Waals surface area (Å²) >= 11 is 0. The van der Waals surface area contributed by atoms with Crippen LogP contribution in [0.15, 0.2) is 0 Å². The zero-order valence-electron chi connectivity index (χ0n) is 9.39. The summed E-state index contributed by atoms with van der Waals surface area (Å²) in [5.41, 5.74) is -0.518. The quantitative estimate of drug-likeness (QED) is 0.667. The topological polar surface area (TPSA) is 66.4 Å². The Morgan fingerprint density at radius 3 is 2.40 bits per heavy atom. The minimum absolute atomic E-state index is 0.0140. The van der Waals surface area contributed by atoms with Gasteiger partial charge in [0.15, 0.2) is 0 Å². The third-order valence-electron chi connectivity index (χ3n) is 1.82. The summed E-state index contributed by atoms with van der Waals surface area (Å²) in [6.45, 7) is 5.53. The maximum atomic E-state index is 11.3. The predicted octanol–water partition coefficient (Wildman–Crippen LogP) is 1.02. The van der Waals surface area contributed by atoms with Crippen LogP contribution in [0.5, 0.6) is 0 Å². The molecule has 0 radical (unpaired) electrons. The molecule has 0 saturated heterocycles. The first-order valence-corrected chi connectivity index (χ1v) is 4.75. The maximum absolute atomic E-state index is 11.3. The van der Waals surface area contributed by atoms with E-state index in [1.54, 1.807) is 20.8 Å². The molecule has 0 spiro atoms. The third-order valence-corrected chi connectivity index (χ3v) is 1.82. The molecular formula is C11H17NO3. The average molecular weight is 211 g/mol. The molecule has 15 heavy (non-hydrogen) atoms. The van der Waals surface area contributed by atoms with Crippen molar-refractivity contribution in [3.8, 4) is 11.8 Å². The molecule has 84 valence electrons. The number of carboxylic acids is 1. The second-order valence-corrected chi connectivity index (χ2v) is 4.12. The van der Waals surface area contributed by atoms with E-state index in [1.165, 1.54) is 0 Å². The second kappa shape index (κ2) is 6.07. The number of hydrogen-bond donors (Lipinski definition) is 2. The molecule has 4 nitrogen and oxygen atoms in total. The Balaban J connectivity index is 4.02. The predicted molar refractivity (Wildman–Crippen MR) is 57.1 cm³/mol. The van der Waals surface area contributed by atoms with E-state index >= 15 is 0 Å². The van der Waals surface area contributed by atoms with Gasteiger partial charge in [0.25, 0.3) is 0 Å². The van der Waals surface area contributed by atoms with Crippen molar-refractivity contribution in [1.82, 2.24) is 5.32 Å². The highest BCUT2D eigenvalue weighted by atomic mass is 16.4. The third kappa shape index (κ3) is 7.56. The summed E-state index contributed by atoms with van der Waals surface area (Å²) in [7, 11) is 0. The molecule has 0 atom stereocenters. The van der Waals surface area contributed by atoms with Gasteiger partial charge in [-0.25, -0.2) is 0 Å². The highest BCUT2D eigenvalue weighted by Gasteiger charge is 2.24. The standard InChI is InChI=1S/C11H17NO3/c1-4-5-6-12-9(13)7-11(2,3)8-10(14)15/h6-8H2,1-3H3,(H,12,13)(H,14,15). The van der Waals surface area contributed by atoms with Crippen LogP contribution in [0, 0.1) is 17.3 Å². The largest absolute Gasteiger partial charge is 0.481 e. The fourth-order valence-corrected chi connectivity index (χ4v) is 1.20. The lowest BCUT2D eigenvalue weighted by Crippen LogP contribution is -2.30. The van der Waals surface area contributed by atoms with E-state index in [1.807, 2.05) is 0 Å². The van der Waals surface area contributed by atoms with E-state index in [4.69, 9.17) is 5.11 Å². The monoisotopic (exact) mass is 211 g/mol. The SMILES string of the molecule is CC#CCNC(=O)CC(C)(C)CC(=O)O. The van der Waals surface area contributed by atoms with Crippen molar-refractivity contribution in [2.45, 2.75) is 33.6 Å². The van der Waals surface area contributed by atoms with Crippen molar-refractivity contribution in [2.24, 2.45) is 5.41 Å². The van der Waals surface area contributed by atoms with Crippen LogP contribution in [-0.2, 0) is 9.59 Å². The number of carbonyl (C=O) groups excluding carboxylic acids is 1. The van der Waals surface area contributed by atoms with Gasteiger partial charge in [0.1, 0.15) is 0 Å². The van der Waals surface area contributed by atoms with Crippen LogP contribution in [0.1, 0.15) is 33.6 Å². The van der Waals surface area contributed by atoms with E-state index in [2.05, 4.69) is 17.2 Å². The van der Waals surface area contributed by atoms with Crippen LogP contribution >= 0.6 is 0 Å². The van der Waals surface area contributed by atoms with Crippen molar-refractivity contribution >= 4 is 11.9 Å². The fourth-order valence-electron chi connectivity index (χ4n) is 1.20. The second-order valence-electron chi connectivity index (χ2n) is 4.12. The lowest BCUT2D eigenvalue weighted by Gasteiger charge is -2.20. The lowest BCUT2D eigenvalue weighted by atomic mass is 9.85. The van der Waals surface area contributed by atoms with Gasteiger partial charge in [0, 0.05) is 6.42 Å². The molecule has 0 aliphatic heterocycles. The Morgan fingerprint density at radius 2 is 1.93 bits per heavy atom. The number of amides is 1. The molecule has 4 heteroatoms. The van der Waals surface area contributed by atoms with Crippen LogP contribution in [0.3, 0.4) is 0 Å². The Labute approximate surface area is 90.1 Å². The van der Waals surface area contributed by atoms with Gasteiger partial charge >= 0.3 is 5.97 Å². The molecule has 0 aliphatic rings. The van der Waals surface area contributed by atoms with Crippen molar-refractivity contribution < 1.29 is 14.7 Å². The maximum Gasteiger partial charge on any atom is 0.303 e. The summed E-state index contributed by atoms with van der Waals surface area (Å²) in [5.74, 6) is 4.32. The zero-order valence-corrected chi connectivity index (χ0v) is 9.39. The minimum atomic E-state index is -0.888. The highest BCUT2D eigenvalue weighted by Crippen LogP contribution is 2.24. The highest BCUT2D eigenvalue weighted by molar-refractivity contribution is 5.78. The van der Waals surface area contributed by atoms with Crippen LogP contribution in [0.4, 0.5) is 0 Å². The van der Waals surface area contributed by atoms with Crippen LogP contribution in [0.25, 0.3) is 0 Å². The van der Waals surface area contributed by atoms with Crippen molar-refractivity contribution in [3.63, 3.8) is 0 Å². The molecule has 0 fully saturated rings. The van der Waals surface area contributed by atoms with Gasteiger partial charge in [-0.3, -0.25) is 9.59 Å². The normalized spacial score (nSPS) is 10.1. The molecule has 0 rings (SSSR count). The van der Waals surface area contributed by atoms with Gasteiger partial charge in [-0.2, -0.15) is 0 Å². The zero-order chi connectivity index (χ0) is 11.9. The number of rotatable bonds is 5. The van der Waals surface area contributed by atoms with Gasteiger partial charge in [-0.15, -0.1) is 5.92 Å². The molecule has 0 aliphatic carbocycles.